The number of rotatable bonds is 8. The molecule has 0 unspecified atom stereocenters. The fourth-order valence-corrected chi connectivity index (χ4v) is 6.27. The zero-order chi connectivity index (χ0) is 31.4. The standard InChI is InChI=1S/C28H24F6N2O5S2/c1-40-20-7-9-22(10-8-20)43(38,39)35-19-3-2-4-21(17-19)42-23-11-5-18(6-12-24(37)36-13-15-41-16-14-36)25(27(29,30)31)26(23)28(32,33)34/h2-12,17,35H,13-16H2,1H3. The fraction of sp³-hybridized carbons (Fsp3) is 0.250. The maximum atomic E-state index is 14.2. The highest BCUT2D eigenvalue weighted by Gasteiger charge is 2.46. The molecule has 4 rings (SSSR count). The van der Waals surface area contributed by atoms with Crippen LogP contribution >= 0.6 is 11.8 Å². The van der Waals surface area contributed by atoms with Crippen molar-refractivity contribution in [3.8, 4) is 5.75 Å². The molecule has 1 saturated heterocycles. The average molecular weight is 647 g/mol. The van der Waals surface area contributed by atoms with Crippen LogP contribution < -0.4 is 9.46 Å². The van der Waals surface area contributed by atoms with Crippen LogP contribution in [0.15, 0.2) is 81.4 Å². The highest BCUT2D eigenvalue weighted by atomic mass is 32.2. The van der Waals surface area contributed by atoms with Crippen LogP contribution in [0.3, 0.4) is 0 Å². The number of carbonyl (C=O) groups excluding carboxylic acids is 1. The quantitative estimate of drug-likeness (QED) is 0.221. The lowest BCUT2D eigenvalue weighted by Crippen LogP contribution is -2.39. The van der Waals surface area contributed by atoms with Crippen molar-refractivity contribution in [2.75, 3.05) is 38.1 Å². The molecule has 15 heteroatoms. The number of amides is 1. The molecule has 3 aromatic rings. The van der Waals surface area contributed by atoms with Crippen molar-refractivity contribution in [1.82, 2.24) is 4.90 Å². The van der Waals surface area contributed by atoms with E-state index in [-0.39, 0.29) is 41.8 Å². The Morgan fingerprint density at radius 2 is 1.60 bits per heavy atom. The number of carbonyl (C=O) groups is 1. The number of halogens is 6. The van der Waals surface area contributed by atoms with Gasteiger partial charge in [-0.3, -0.25) is 9.52 Å². The van der Waals surface area contributed by atoms with Crippen molar-refractivity contribution in [2.24, 2.45) is 0 Å². The van der Waals surface area contributed by atoms with E-state index in [4.69, 9.17) is 9.47 Å². The SMILES string of the molecule is COc1ccc(S(=O)(=O)Nc2cccc(Sc3ccc(C=CC(=O)N4CCOCC4)c(C(F)(F)F)c3C(F)(F)F)c2)cc1. The van der Waals surface area contributed by atoms with E-state index in [0.29, 0.717) is 17.5 Å². The number of methoxy groups -OCH3 is 1. The molecule has 0 atom stereocenters. The van der Waals surface area contributed by atoms with E-state index in [1.165, 1.54) is 60.5 Å². The summed E-state index contributed by atoms with van der Waals surface area (Å²) in [4.78, 5) is 12.9. The van der Waals surface area contributed by atoms with Crippen molar-refractivity contribution >= 4 is 39.5 Å². The predicted octanol–water partition coefficient (Wildman–Crippen LogP) is 6.56. The van der Waals surface area contributed by atoms with Crippen molar-refractivity contribution in [2.45, 2.75) is 27.0 Å². The fourth-order valence-electron chi connectivity index (χ4n) is 4.18. The largest absolute Gasteiger partial charge is 0.497 e. The van der Waals surface area contributed by atoms with Gasteiger partial charge in [-0.1, -0.05) is 23.9 Å². The van der Waals surface area contributed by atoms with E-state index >= 15 is 0 Å². The molecule has 43 heavy (non-hydrogen) atoms. The minimum atomic E-state index is -5.42. The molecule has 0 bridgehead atoms. The second-order valence-electron chi connectivity index (χ2n) is 9.08. The summed E-state index contributed by atoms with van der Waals surface area (Å²) in [6.07, 6.45) is -9.31. The second kappa shape index (κ2) is 12.9. The molecule has 7 nitrogen and oxygen atoms in total. The van der Waals surface area contributed by atoms with Gasteiger partial charge in [-0.05, 0) is 60.2 Å². The number of ether oxygens (including phenoxy) is 2. The molecule has 0 spiro atoms. The summed E-state index contributed by atoms with van der Waals surface area (Å²) in [6, 6.07) is 12.4. The van der Waals surface area contributed by atoms with Crippen molar-refractivity contribution < 1.29 is 49.0 Å². The van der Waals surface area contributed by atoms with Crippen LogP contribution in [-0.4, -0.2) is 52.6 Å². The van der Waals surface area contributed by atoms with Gasteiger partial charge in [0.1, 0.15) is 5.75 Å². The number of hydrogen-bond acceptors (Lipinski definition) is 6. The van der Waals surface area contributed by atoms with Gasteiger partial charge in [-0.2, -0.15) is 26.3 Å². The Bertz CT molecular complexity index is 1600. The first-order valence-corrected chi connectivity index (χ1v) is 14.8. The Balaban J connectivity index is 1.67. The van der Waals surface area contributed by atoms with Gasteiger partial charge in [0.05, 0.1) is 36.3 Å². The van der Waals surface area contributed by atoms with Gasteiger partial charge in [0.2, 0.25) is 5.91 Å². The molecule has 1 fully saturated rings. The van der Waals surface area contributed by atoms with Gasteiger partial charge in [0.25, 0.3) is 10.0 Å². The van der Waals surface area contributed by atoms with Crippen LogP contribution in [-0.2, 0) is 31.9 Å². The lowest BCUT2D eigenvalue weighted by Gasteiger charge is -2.25. The number of morpholine rings is 1. The summed E-state index contributed by atoms with van der Waals surface area (Å²) in [5.74, 6) is -0.237. The lowest BCUT2D eigenvalue weighted by atomic mass is 9.99. The number of nitrogens with zero attached hydrogens (tertiary/aromatic N) is 1. The number of nitrogens with one attached hydrogen (secondary N) is 1. The van der Waals surface area contributed by atoms with Crippen LogP contribution in [0.1, 0.15) is 16.7 Å². The maximum absolute atomic E-state index is 14.2. The summed E-state index contributed by atoms with van der Waals surface area (Å²) in [5, 5.41) is 0. The molecule has 1 amide bonds. The molecule has 0 saturated carbocycles. The minimum absolute atomic E-state index is 0.0217. The van der Waals surface area contributed by atoms with Crippen LogP contribution in [0.4, 0.5) is 32.0 Å². The minimum Gasteiger partial charge on any atom is -0.497 e. The third-order valence-corrected chi connectivity index (χ3v) is 8.63. The third kappa shape index (κ3) is 8.03. The first-order chi connectivity index (χ1) is 20.2. The van der Waals surface area contributed by atoms with Crippen LogP contribution in [0.25, 0.3) is 6.08 Å². The lowest BCUT2D eigenvalue weighted by molar-refractivity contribution is -0.163. The first kappa shape index (κ1) is 32.2. The molecule has 3 aromatic carbocycles. The number of alkyl halides is 6. The van der Waals surface area contributed by atoms with Gasteiger partial charge in [0, 0.05) is 34.6 Å². The van der Waals surface area contributed by atoms with Gasteiger partial charge in [-0.25, -0.2) is 8.42 Å². The molecule has 1 heterocycles. The van der Waals surface area contributed by atoms with Crippen LogP contribution in [0.2, 0.25) is 0 Å². The molecule has 1 N–H and O–H groups in total. The Kier molecular flexibility index (Phi) is 9.66. The van der Waals surface area contributed by atoms with Crippen molar-refractivity contribution in [3.05, 3.63) is 83.4 Å². The molecular formula is C28H24F6N2O5S2. The smallest absolute Gasteiger partial charge is 0.418 e. The topological polar surface area (TPSA) is 84.9 Å². The third-order valence-electron chi connectivity index (χ3n) is 6.18. The highest BCUT2D eigenvalue weighted by Crippen LogP contribution is 2.48. The molecule has 0 aromatic heterocycles. The molecule has 230 valence electrons. The normalized spacial score (nSPS) is 14.6. The van der Waals surface area contributed by atoms with Gasteiger partial charge in [-0.15, -0.1) is 0 Å². The van der Waals surface area contributed by atoms with E-state index in [2.05, 4.69) is 4.72 Å². The average Bonchev–Trinajstić information content (AvgIpc) is 2.95. The Labute approximate surface area is 247 Å². The summed E-state index contributed by atoms with van der Waals surface area (Å²) in [5.41, 5.74) is -4.71. The monoisotopic (exact) mass is 646 g/mol. The van der Waals surface area contributed by atoms with Gasteiger partial charge in [0.15, 0.2) is 0 Å². The number of anilines is 1. The molecule has 1 aliphatic heterocycles. The Hall–Kier alpha value is -3.69. The van der Waals surface area contributed by atoms with E-state index in [0.717, 1.165) is 24.3 Å². The number of hydrogen-bond donors (Lipinski definition) is 1. The molecule has 1 aliphatic rings. The molecule has 0 aliphatic carbocycles. The summed E-state index contributed by atoms with van der Waals surface area (Å²) >= 11 is 0.384. The first-order valence-electron chi connectivity index (χ1n) is 12.5. The summed E-state index contributed by atoms with van der Waals surface area (Å²) in [7, 11) is -2.69. The van der Waals surface area contributed by atoms with Crippen molar-refractivity contribution in [1.29, 1.82) is 0 Å². The summed E-state index contributed by atoms with van der Waals surface area (Å²) in [6.45, 7) is 0.880. The molecular weight excluding hydrogens is 622 g/mol. The zero-order valence-corrected chi connectivity index (χ0v) is 24.0. The van der Waals surface area contributed by atoms with Gasteiger partial charge >= 0.3 is 12.4 Å². The number of benzene rings is 3. The number of sulfonamides is 1. The van der Waals surface area contributed by atoms with Crippen LogP contribution in [0, 0.1) is 0 Å². The predicted molar refractivity (Wildman–Crippen MR) is 147 cm³/mol. The van der Waals surface area contributed by atoms with Crippen molar-refractivity contribution in [3.63, 3.8) is 0 Å². The van der Waals surface area contributed by atoms with E-state index in [9.17, 15) is 39.6 Å². The Morgan fingerprint density at radius 1 is 0.953 bits per heavy atom. The Morgan fingerprint density at radius 3 is 2.21 bits per heavy atom. The van der Waals surface area contributed by atoms with E-state index in [1.54, 1.807) is 0 Å². The van der Waals surface area contributed by atoms with E-state index in [1.807, 2.05) is 0 Å². The molecule has 0 radical (unpaired) electrons. The highest BCUT2D eigenvalue weighted by molar-refractivity contribution is 7.99. The zero-order valence-electron chi connectivity index (χ0n) is 22.3. The van der Waals surface area contributed by atoms with E-state index < -0.39 is 49.9 Å². The van der Waals surface area contributed by atoms with Crippen LogP contribution in [0.5, 0.6) is 5.75 Å². The van der Waals surface area contributed by atoms with Gasteiger partial charge < -0.3 is 14.4 Å². The second-order valence-corrected chi connectivity index (χ2v) is 11.9. The summed E-state index contributed by atoms with van der Waals surface area (Å²) < 4.78 is 123. The maximum Gasteiger partial charge on any atom is 0.418 e.